The fourth-order valence-electron chi connectivity index (χ4n) is 2.69. The molecule has 1 aromatic rings. The van der Waals surface area contributed by atoms with Gasteiger partial charge in [0.1, 0.15) is 0 Å². The number of allylic oxidation sites excluding steroid dienone is 2. The molecule has 0 radical (unpaired) electrons. The van der Waals surface area contributed by atoms with Gasteiger partial charge < -0.3 is 4.74 Å². The molecule has 0 fully saturated rings. The van der Waals surface area contributed by atoms with Crippen molar-refractivity contribution >= 4 is 11.6 Å². The third-order valence-electron chi connectivity index (χ3n) is 4.17. The third kappa shape index (κ3) is 4.61. The average Bonchev–Trinajstić information content (AvgIpc) is 2.53. The Balaban J connectivity index is 2.19. The van der Waals surface area contributed by atoms with Crippen LogP contribution in [0.4, 0.5) is 0 Å². The van der Waals surface area contributed by atoms with Crippen molar-refractivity contribution in [3.63, 3.8) is 0 Å². The Labute approximate surface area is 138 Å². The maximum atomic E-state index is 12.0. The van der Waals surface area contributed by atoms with Gasteiger partial charge in [-0.3, -0.25) is 9.59 Å². The first-order valence-electron chi connectivity index (χ1n) is 8.55. The van der Waals surface area contributed by atoms with Crippen molar-refractivity contribution < 1.29 is 14.3 Å². The van der Waals surface area contributed by atoms with Crippen LogP contribution in [0.5, 0.6) is 0 Å². The van der Waals surface area contributed by atoms with Crippen molar-refractivity contribution in [1.82, 2.24) is 0 Å². The number of ketones is 2. The molecule has 1 unspecified atom stereocenters. The van der Waals surface area contributed by atoms with E-state index in [-0.39, 0.29) is 17.7 Å². The van der Waals surface area contributed by atoms with Crippen LogP contribution in [0.25, 0.3) is 0 Å². The maximum absolute atomic E-state index is 12.0. The predicted molar refractivity (Wildman–Crippen MR) is 91.9 cm³/mol. The van der Waals surface area contributed by atoms with Crippen LogP contribution >= 0.6 is 0 Å². The van der Waals surface area contributed by atoms with Gasteiger partial charge in [0.25, 0.3) is 0 Å². The van der Waals surface area contributed by atoms with Crippen LogP contribution in [0.2, 0.25) is 0 Å². The molecular formula is C20H26O3. The lowest BCUT2D eigenvalue weighted by Crippen LogP contribution is -2.14. The van der Waals surface area contributed by atoms with Gasteiger partial charge in [-0.1, -0.05) is 39.7 Å². The zero-order valence-electron chi connectivity index (χ0n) is 14.3. The lowest BCUT2D eigenvalue weighted by molar-refractivity contribution is 0.0385. The van der Waals surface area contributed by atoms with E-state index >= 15 is 0 Å². The normalized spacial score (nSPS) is 15.1. The van der Waals surface area contributed by atoms with Crippen LogP contribution in [0.1, 0.15) is 78.8 Å². The molecule has 0 bridgehead atoms. The highest BCUT2D eigenvalue weighted by molar-refractivity contribution is 6.22. The van der Waals surface area contributed by atoms with E-state index < -0.39 is 0 Å². The lowest BCUT2D eigenvalue weighted by Gasteiger charge is -2.20. The number of hydrogen-bond acceptors (Lipinski definition) is 3. The molecule has 0 spiro atoms. The van der Waals surface area contributed by atoms with Crippen molar-refractivity contribution in [2.75, 3.05) is 6.61 Å². The number of benzene rings is 1. The summed E-state index contributed by atoms with van der Waals surface area (Å²) in [5.74, 6) is 0.407. The van der Waals surface area contributed by atoms with Gasteiger partial charge in [-0.05, 0) is 48.6 Å². The molecule has 0 aromatic heterocycles. The minimum Gasteiger partial charge on any atom is -0.374 e. The van der Waals surface area contributed by atoms with E-state index in [1.807, 2.05) is 12.1 Å². The SMILES string of the molecule is CCCCC(OCCC(C)C)c1ccc2c(c1)C(=O)C=CC2=O. The molecule has 124 valence electrons. The summed E-state index contributed by atoms with van der Waals surface area (Å²) in [6.07, 6.45) is 6.84. The van der Waals surface area contributed by atoms with E-state index in [0.29, 0.717) is 17.0 Å². The Morgan fingerprint density at radius 3 is 2.35 bits per heavy atom. The monoisotopic (exact) mass is 314 g/mol. The summed E-state index contributed by atoms with van der Waals surface area (Å²) in [6.45, 7) is 7.24. The van der Waals surface area contributed by atoms with Gasteiger partial charge in [-0.15, -0.1) is 0 Å². The molecule has 0 saturated carbocycles. The van der Waals surface area contributed by atoms with Gasteiger partial charge in [-0.25, -0.2) is 0 Å². The first-order chi connectivity index (χ1) is 11.0. The van der Waals surface area contributed by atoms with Crippen molar-refractivity contribution in [1.29, 1.82) is 0 Å². The molecule has 0 N–H and O–H groups in total. The molecule has 2 rings (SSSR count). The fourth-order valence-corrected chi connectivity index (χ4v) is 2.69. The van der Waals surface area contributed by atoms with E-state index in [1.165, 1.54) is 12.2 Å². The first-order valence-corrected chi connectivity index (χ1v) is 8.55. The second-order valence-electron chi connectivity index (χ2n) is 6.55. The van der Waals surface area contributed by atoms with Crippen molar-refractivity contribution in [3.05, 3.63) is 47.0 Å². The van der Waals surface area contributed by atoms with Gasteiger partial charge in [0.2, 0.25) is 0 Å². The van der Waals surface area contributed by atoms with Crippen LogP contribution in [0.3, 0.4) is 0 Å². The average molecular weight is 314 g/mol. The van der Waals surface area contributed by atoms with Crippen LogP contribution in [0, 0.1) is 5.92 Å². The van der Waals surface area contributed by atoms with Crippen LogP contribution < -0.4 is 0 Å². The van der Waals surface area contributed by atoms with Crippen molar-refractivity contribution in [2.24, 2.45) is 5.92 Å². The number of rotatable bonds is 8. The zero-order chi connectivity index (χ0) is 16.8. The number of hydrogen-bond donors (Lipinski definition) is 0. The summed E-state index contributed by atoms with van der Waals surface area (Å²) in [6, 6.07) is 5.53. The minimum absolute atomic E-state index is 0.00666. The van der Waals surface area contributed by atoms with E-state index in [1.54, 1.807) is 6.07 Å². The molecule has 0 amide bonds. The van der Waals surface area contributed by atoms with E-state index in [4.69, 9.17) is 4.74 Å². The molecule has 23 heavy (non-hydrogen) atoms. The van der Waals surface area contributed by atoms with Crippen LogP contribution in [-0.4, -0.2) is 18.2 Å². The number of unbranched alkanes of at least 4 members (excludes halogenated alkanes) is 1. The van der Waals surface area contributed by atoms with Crippen LogP contribution in [0.15, 0.2) is 30.4 Å². The standard InChI is InChI=1S/C20H26O3/c1-4-5-6-20(23-12-11-14(2)3)15-7-8-16-17(13-15)19(22)10-9-18(16)21/h7-10,13-14,20H,4-6,11-12H2,1-3H3. The third-order valence-corrected chi connectivity index (χ3v) is 4.17. The van der Waals surface area contributed by atoms with E-state index in [2.05, 4.69) is 20.8 Å². The van der Waals surface area contributed by atoms with E-state index in [9.17, 15) is 9.59 Å². The largest absolute Gasteiger partial charge is 0.374 e. The van der Waals surface area contributed by atoms with Crippen molar-refractivity contribution in [2.45, 2.75) is 52.6 Å². The summed E-state index contributed by atoms with van der Waals surface area (Å²) in [5.41, 5.74) is 2.00. The molecule has 3 heteroatoms. The summed E-state index contributed by atoms with van der Waals surface area (Å²) in [7, 11) is 0. The highest BCUT2D eigenvalue weighted by Gasteiger charge is 2.21. The topological polar surface area (TPSA) is 43.4 Å². The predicted octanol–water partition coefficient (Wildman–Crippen LogP) is 4.92. The lowest BCUT2D eigenvalue weighted by atomic mass is 9.91. The maximum Gasteiger partial charge on any atom is 0.186 e. The Bertz CT molecular complexity index is 599. The highest BCUT2D eigenvalue weighted by Crippen LogP contribution is 2.28. The quantitative estimate of drug-likeness (QED) is 0.684. The molecule has 1 aliphatic rings. The fraction of sp³-hybridized carbons (Fsp3) is 0.500. The van der Waals surface area contributed by atoms with Gasteiger partial charge >= 0.3 is 0 Å². The van der Waals surface area contributed by atoms with Crippen LogP contribution in [-0.2, 0) is 4.74 Å². The zero-order valence-corrected chi connectivity index (χ0v) is 14.3. The molecule has 0 aliphatic heterocycles. The Morgan fingerprint density at radius 1 is 1.00 bits per heavy atom. The number of carbonyl (C=O) groups is 2. The van der Waals surface area contributed by atoms with Gasteiger partial charge in [0, 0.05) is 17.7 Å². The highest BCUT2D eigenvalue weighted by atomic mass is 16.5. The first kappa shape index (κ1) is 17.6. The van der Waals surface area contributed by atoms with Gasteiger partial charge in [0.05, 0.1) is 6.10 Å². The Hall–Kier alpha value is -1.74. The smallest absolute Gasteiger partial charge is 0.186 e. The summed E-state index contributed by atoms with van der Waals surface area (Å²) < 4.78 is 6.08. The van der Waals surface area contributed by atoms with Crippen molar-refractivity contribution in [3.8, 4) is 0 Å². The molecule has 0 heterocycles. The second-order valence-corrected chi connectivity index (χ2v) is 6.55. The molecule has 1 aliphatic carbocycles. The molecule has 3 nitrogen and oxygen atoms in total. The van der Waals surface area contributed by atoms with E-state index in [0.717, 1.165) is 37.9 Å². The number of fused-ring (bicyclic) bond motifs is 1. The minimum atomic E-state index is -0.100. The molecular weight excluding hydrogens is 288 g/mol. The number of carbonyl (C=O) groups excluding carboxylic acids is 2. The number of ether oxygens (including phenoxy) is 1. The summed E-state index contributed by atoms with van der Waals surface area (Å²) >= 11 is 0. The molecule has 1 aromatic carbocycles. The Kier molecular flexibility index (Phi) is 6.28. The Morgan fingerprint density at radius 2 is 1.70 bits per heavy atom. The second kappa shape index (κ2) is 8.21. The molecule has 1 atom stereocenters. The molecule has 0 saturated heterocycles. The summed E-state index contributed by atoms with van der Waals surface area (Å²) in [5, 5.41) is 0. The summed E-state index contributed by atoms with van der Waals surface area (Å²) in [4.78, 5) is 23.9. The van der Waals surface area contributed by atoms with Gasteiger partial charge in [0.15, 0.2) is 11.6 Å². The van der Waals surface area contributed by atoms with Gasteiger partial charge in [-0.2, -0.15) is 0 Å².